The molecular weight excluding hydrogens is 523 g/mol. The minimum atomic E-state index is -1.18. The molecule has 5 aromatic rings. The van der Waals surface area contributed by atoms with E-state index in [0.717, 1.165) is 11.3 Å². The highest BCUT2D eigenvalue weighted by Crippen LogP contribution is 2.41. The number of aromatic carboxylic acids is 1. The maximum atomic E-state index is 13.6. The lowest BCUT2D eigenvalue weighted by Gasteiger charge is -2.28. The topological polar surface area (TPSA) is 83.2 Å². The Morgan fingerprint density at radius 2 is 1.54 bits per heavy atom. The van der Waals surface area contributed by atoms with Gasteiger partial charge in [0.25, 0.3) is 0 Å². The number of hydrogen-bond donors (Lipinski definition) is 1. The van der Waals surface area contributed by atoms with Crippen LogP contribution in [-0.4, -0.2) is 43.9 Å². The number of furan rings is 1. The van der Waals surface area contributed by atoms with Gasteiger partial charge in [0.1, 0.15) is 22.7 Å². The van der Waals surface area contributed by atoms with Crippen molar-refractivity contribution in [2.75, 3.05) is 36.5 Å². The summed E-state index contributed by atoms with van der Waals surface area (Å²) in [7, 11) is 1.95. The highest BCUT2D eigenvalue weighted by molar-refractivity contribution is 6.11. The number of likely N-dealkylation sites (N-methyl/N-ethyl adjacent to an activating group) is 1. The molecule has 8 heteroatoms. The first-order valence-corrected chi connectivity index (χ1v) is 13.2. The Morgan fingerprint density at radius 3 is 2.17 bits per heavy atom. The Labute approximate surface area is 237 Å². The zero-order valence-electron chi connectivity index (χ0n) is 22.7. The molecule has 208 valence electrons. The summed E-state index contributed by atoms with van der Waals surface area (Å²) in [6.07, 6.45) is -0.533. The van der Waals surface area contributed by atoms with E-state index in [4.69, 9.17) is 9.15 Å². The summed E-state index contributed by atoms with van der Waals surface area (Å²) in [5.74, 6) is -1.52. The molecule has 0 atom stereocenters. The van der Waals surface area contributed by atoms with Crippen molar-refractivity contribution in [3.05, 3.63) is 108 Å². The Balaban J connectivity index is 1.68. The number of benzene rings is 4. The van der Waals surface area contributed by atoms with Gasteiger partial charge in [0.2, 0.25) is 0 Å². The van der Waals surface area contributed by atoms with Gasteiger partial charge in [-0.15, -0.1) is 0 Å². The molecule has 5 rings (SSSR count). The summed E-state index contributed by atoms with van der Waals surface area (Å²) in [6, 6.07) is 28.1. The molecular formula is C33H29FN2O5. The molecule has 1 N–H and O–H groups in total. The minimum absolute atomic E-state index is 0.0400. The molecule has 0 spiro atoms. The predicted octanol–water partition coefficient (Wildman–Crippen LogP) is 7.70. The van der Waals surface area contributed by atoms with Crippen LogP contribution < -0.4 is 9.80 Å². The van der Waals surface area contributed by atoms with Gasteiger partial charge < -0.3 is 19.2 Å². The third kappa shape index (κ3) is 5.77. The van der Waals surface area contributed by atoms with Gasteiger partial charge in [0.15, 0.2) is 0 Å². The maximum absolute atomic E-state index is 13.6. The molecule has 0 saturated heterocycles. The normalized spacial score (nSPS) is 10.9. The van der Waals surface area contributed by atoms with Gasteiger partial charge in [-0.3, -0.25) is 4.90 Å². The van der Waals surface area contributed by atoms with Gasteiger partial charge in [0.05, 0.1) is 12.3 Å². The Bertz CT molecular complexity index is 1670. The number of carbonyl (C=O) groups is 2. The second-order valence-electron chi connectivity index (χ2n) is 9.46. The van der Waals surface area contributed by atoms with Crippen LogP contribution >= 0.6 is 0 Å². The number of anilines is 2. The van der Waals surface area contributed by atoms with Crippen LogP contribution in [0.5, 0.6) is 0 Å². The van der Waals surface area contributed by atoms with Crippen molar-refractivity contribution in [3.63, 3.8) is 0 Å². The molecule has 1 heterocycles. The summed E-state index contributed by atoms with van der Waals surface area (Å²) >= 11 is 0. The third-order valence-electron chi connectivity index (χ3n) is 6.85. The van der Waals surface area contributed by atoms with Gasteiger partial charge in [-0.1, -0.05) is 48.5 Å². The fraction of sp³-hybridized carbons (Fsp3) is 0.152. The lowest BCUT2D eigenvalue weighted by atomic mass is 9.98. The van der Waals surface area contributed by atoms with Gasteiger partial charge >= 0.3 is 12.1 Å². The smallest absolute Gasteiger partial charge is 0.414 e. The number of carboxylic acids is 1. The number of ether oxygens (including phenoxy) is 1. The zero-order valence-corrected chi connectivity index (χ0v) is 22.7. The summed E-state index contributed by atoms with van der Waals surface area (Å²) in [6.45, 7) is 2.71. The van der Waals surface area contributed by atoms with Gasteiger partial charge in [0, 0.05) is 48.4 Å². The van der Waals surface area contributed by atoms with Crippen LogP contribution in [0.3, 0.4) is 0 Å². The number of carboxylic acid groups (broad SMARTS) is 1. The summed E-state index contributed by atoms with van der Waals surface area (Å²) in [5, 5.41) is 10.6. The van der Waals surface area contributed by atoms with E-state index < -0.39 is 17.9 Å². The van der Waals surface area contributed by atoms with Crippen molar-refractivity contribution < 1.29 is 28.2 Å². The standard InChI is InChI=1S/C33H29FN2O5/c1-3-40-33(39)36(19-18-35(2)25-12-8-5-9-13-25)28-21-29-27(20-26(28)22-10-6-4-7-11-22)30(32(37)38)31(41-29)23-14-16-24(34)17-15-23/h4-17,20-21H,3,18-19H2,1-2H3,(H,37,38). The average molecular weight is 553 g/mol. The summed E-state index contributed by atoms with van der Waals surface area (Å²) < 4.78 is 25.2. The second-order valence-corrected chi connectivity index (χ2v) is 9.46. The van der Waals surface area contributed by atoms with Crippen LogP contribution in [-0.2, 0) is 4.74 Å². The van der Waals surface area contributed by atoms with Crippen LogP contribution in [0, 0.1) is 5.82 Å². The molecule has 7 nitrogen and oxygen atoms in total. The van der Waals surface area contributed by atoms with E-state index in [-0.39, 0.29) is 30.1 Å². The number of rotatable bonds is 9. The molecule has 1 amide bonds. The number of hydrogen-bond acceptors (Lipinski definition) is 5. The highest BCUT2D eigenvalue weighted by Gasteiger charge is 2.27. The average Bonchev–Trinajstić information content (AvgIpc) is 3.37. The van der Waals surface area contributed by atoms with Crippen LogP contribution in [0.15, 0.2) is 101 Å². The SMILES string of the molecule is CCOC(=O)N(CCN(C)c1ccccc1)c1cc2oc(-c3ccc(F)cc3)c(C(=O)O)c2cc1-c1ccccc1. The molecule has 41 heavy (non-hydrogen) atoms. The number of fused-ring (bicyclic) bond motifs is 1. The van der Waals surface area contributed by atoms with Crippen molar-refractivity contribution in [2.45, 2.75) is 6.92 Å². The van der Waals surface area contributed by atoms with Crippen molar-refractivity contribution >= 4 is 34.4 Å². The summed E-state index contributed by atoms with van der Waals surface area (Å²) in [5.41, 5.74) is 3.60. The van der Waals surface area contributed by atoms with E-state index in [2.05, 4.69) is 0 Å². The number of nitrogens with zero attached hydrogens (tertiary/aromatic N) is 2. The number of carbonyl (C=O) groups excluding carboxylic acids is 1. The number of para-hydroxylation sites is 1. The second kappa shape index (κ2) is 12.0. The van der Waals surface area contributed by atoms with Crippen LogP contribution in [0.4, 0.5) is 20.6 Å². The quantitative estimate of drug-likeness (QED) is 0.202. The first-order chi connectivity index (χ1) is 19.9. The van der Waals surface area contributed by atoms with Crippen molar-refractivity contribution in [1.29, 1.82) is 0 Å². The van der Waals surface area contributed by atoms with Crippen molar-refractivity contribution in [1.82, 2.24) is 0 Å². The van der Waals surface area contributed by atoms with Gasteiger partial charge in [-0.25, -0.2) is 14.0 Å². The predicted molar refractivity (Wildman–Crippen MR) is 158 cm³/mol. The fourth-order valence-corrected chi connectivity index (χ4v) is 4.79. The molecule has 0 unspecified atom stereocenters. The molecule has 0 saturated carbocycles. The minimum Gasteiger partial charge on any atom is -0.478 e. The third-order valence-corrected chi connectivity index (χ3v) is 6.85. The molecule has 0 aliphatic carbocycles. The van der Waals surface area contributed by atoms with E-state index >= 15 is 0 Å². The highest BCUT2D eigenvalue weighted by atomic mass is 19.1. The molecule has 0 aliphatic heterocycles. The molecule has 0 radical (unpaired) electrons. The van der Waals surface area contributed by atoms with Crippen LogP contribution in [0.2, 0.25) is 0 Å². The van der Waals surface area contributed by atoms with Crippen molar-refractivity contribution in [3.8, 4) is 22.5 Å². The van der Waals surface area contributed by atoms with E-state index in [1.165, 1.54) is 24.3 Å². The molecule has 0 fully saturated rings. The first kappa shape index (κ1) is 27.5. The van der Waals surface area contributed by atoms with Crippen LogP contribution in [0.25, 0.3) is 33.4 Å². The number of halogens is 1. The Morgan fingerprint density at radius 1 is 0.878 bits per heavy atom. The maximum Gasteiger partial charge on any atom is 0.414 e. The monoisotopic (exact) mass is 552 g/mol. The van der Waals surface area contributed by atoms with E-state index in [9.17, 15) is 19.1 Å². The molecule has 1 aromatic heterocycles. The first-order valence-electron chi connectivity index (χ1n) is 13.2. The van der Waals surface area contributed by atoms with Crippen molar-refractivity contribution in [2.24, 2.45) is 0 Å². The molecule has 4 aromatic carbocycles. The molecule has 0 aliphatic rings. The van der Waals surface area contributed by atoms with Crippen LogP contribution in [0.1, 0.15) is 17.3 Å². The van der Waals surface area contributed by atoms with E-state index in [0.29, 0.717) is 28.7 Å². The van der Waals surface area contributed by atoms with E-state index in [1.54, 1.807) is 24.0 Å². The van der Waals surface area contributed by atoms with Gasteiger partial charge in [-0.2, -0.15) is 0 Å². The van der Waals surface area contributed by atoms with Gasteiger partial charge in [-0.05, 0) is 55.0 Å². The number of amides is 1. The molecule has 0 bridgehead atoms. The Kier molecular flexibility index (Phi) is 8.01. The lowest BCUT2D eigenvalue weighted by Crippen LogP contribution is -2.38. The lowest BCUT2D eigenvalue weighted by molar-refractivity contribution is 0.0699. The fourth-order valence-electron chi connectivity index (χ4n) is 4.79. The zero-order chi connectivity index (χ0) is 28.9. The van der Waals surface area contributed by atoms with E-state index in [1.807, 2.05) is 72.6 Å². The Hall–Kier alpha value is -5.11. The summed E-state index contributed by atoms with van der Waals surface area (Å²) in [4.78, 5) is 29.4. The largest absolute Gasteiger partial charge is 0.478 e.